The minimum atomic E-state index is 0.773. The third kappa shape index (κ3) is 1.91. The summed E-state index contributed by atoms with van der Waals surface area (Å²) < 4.78 is 0. The average molecular weight is 209 g/mol. The molecule has 0 saturated heterocycles. The molecule has 1 aromatic heterocycles. The fraction of sp³-hybridized carbons (Fsp3) is 0.273. The summed E-state index contributed by atoms with van der Waals surface area (Å²) >= 11 is 5.90. The molecular formula is C11H13ClN2. The zero-order valence-electron chi connectivity index (χ0n) is 8.10. The van der Waals surface area contributed by atoms with Crippen LogP contribution in [0.1, 0.15) is 12.6 Å². The molecule has 0 aliphatic rings. The number of rotatable bonds is 3. The van der Waals surface area contributed by atoms with Crippen LogP contribution >= 0.6 is 11.6 Å². The summed E-state index contributed by atoms with van der Waals surface area (Å²) in [5.74, 6) is 0. The number of H-pyrrole nitrogens is 1. The number of benzene rings is 1. The molecular weight excluding hydrogens is 196 g/mol. The van der Waals surface area contributed by atoms with Crippen LogP contribution in [-0.4, -0.2) is 11.5 Å². The Hall–Kier alpha value is -0.990. The lowest BCUT2D eigenvalue weighted by Crippen LogP contribution is -2.11. The number of aromatic amines is 1. The molecule has 0 aliphatic heterocycles. The van der Waals surface area contributed by atoms with Crippen molar-refractivity contribution in [2.75, 3.05) is 6.54 Å². The van der Waals surface area contributed by atoms with Crippen molar-refractivity contribution in [2.24, 2.45) is 0 Å². The van der Waals surface area contributed by atoms with Gasteiger partial charge in [-0.1, -0.05) is 24.6 Å². The standard InChI is InChI=1S/C11H13ClN2/c1-2-13-7-10-5-8-3-4-9(12)6-11(8)14-10/h3-6,13-14H,2,7H2,1H3. The molecule has 0 unspecified atom stereocenters. The maximum absolute atomic E-state index is 5.90. The number of aromatic nitrogens is 1. The lowest BCUT2D eigenvalue weighted by molar-refractivity contribution is 0.715. The highest BCUT2D eigenvalue weighted by Gasteiger charge is 2.00. The van der Waals surface area contributed by atoms with Crippen molar-refractivity contribution >= 4 is 22.5 Å². The van der Waals surface area contributed by atoms with Crippen LogP contribution in [0, 0.1) is 0 Å². The normalized spacial score (nSPS) is 11.0. The number of hydrogen-bond donors (Lipinski definition) is 2. The predicted molar refractivity (Wildman–Crippen MR) is 60.7 cm³/mol. The van der Waals surface area contributed by atoms with Gasteiger partial charge in [-0.15, -0.1) is 0 Å². The summed E-state index contributed by atoms with van der Waals surface area (Å²) in [6, 6.07) is 8.04. The Morgan fingerprint density at radius 3 is 3.00 bits per heavy atom. The van der Waals surface area contributed by atoms with E-state index in [-0.39, 0.29) is 0 Å². The average Bonchev–Trinajstić information content (AvgIpc) is 2.56. The van der Waals surface area contributed by atoms with Crippen molar-refractivity contribution < 1.29 is 0 Å². The molecule has 0 radical (unpaired) electrons. The second kappa shape index (κ2) is 4.03. The maximum atomic E-state index is 5.90. The van der Waals surface area contributed by atoms with Crippen LogP contribution in [0.2, 0.25) is 5.02 Å². The Bertz CT molecular complexity index is 434. The lowest BCUT2D eigenvalue weighted by atomic mass is 10.2. The second-order valence-corrected chi connectivity index (χ2v) is 3.74. The fourth-order valence-electron chi connectivity index (χ4n) is 1.51. The van der Waals surface area contributed by atoms with E-state index in [2.05, 4.69) is 23.3 Å². The van der Waals surface area contributed by atoms with Gasteiger partial charge in [0, 0.05) is 22.8 Å². The van der Waals surface area contributed by atoms with E-state index in [0.29, 0.717) is 0 Å². The summed E-state index contributed by atoms with van der Waals surface area (Å²) in [5, 5.41) is 5.26. The number of halogens is 1. The monoisotopic (exact) mass is 208 g/mol. The molecule has 14 heavy (non-hydrogen) atoms. The van der Waals surface area contributed by atoms with Gasteiger partial charge >= 0.3 is 0 Å². The highest BCUT2D eigenvalue weighted by Crippen LogP contribution is 2.19. The molecule has 74 valence electrons. The van der Waals surface area contributed by atoms with Crippen molar-refractivity contribution in [3.63, 3.8) is 0 Å². The molecule has 0 bridgehead atoms. The minimum Gasteiger partial charge on any atom is -0.357 e. The first kappa shape index (κ1) is 9.56. The first-order valence-corrected chi connectivity index (χ1v) is 5.15. The van der Waals surface area contributed by atoms with Crippen LogP contribution in [0.25, 0.3) is 10.9 Å². The van der Waals surface area contributed by atoms with E-state index in [1.807, 2.05) is 18.2 Å². The Kier molecular flexibility index (Phi) is 2.75. The first-order chi connectivity index (χ1) is 6.79. The van der Waals surface area contributed by atoms with Crippen LogP contribution in [0.3, 0.4) is 0 Å². The van der Waals surface area contributed by atoms with Crippen molar-refractivity contribution in [1.82, 2.24) is 10.3 Å². The van der Waals surface area contributed by atoms with Crippen LogP contribution < -0.4 is 5.32 Å². The summed E-state index contributed by atoms with van der Waals surface area (Å²) in [5.41, 5.74) is 2.30. The summed E-state index contributed by atoms with van der Waals surface area (Å²) in [7, 11) is 0. The van der Waals surface area contributed by atoms with Gasteiger partial charge in [-0.05, 0) is 30.1 Å². The largest absolute Gasteiger partial charge is 0.357 e. The molecule has 1 heterocycles. The predicted octanol–water partition coefficient (Wildman–Crippen LogP) is 2.93. The first-order valence-electron chi connectivity index (χ1n) is 4.77. The maximum Gasteiger partial charge on any atom is 0.0471 e. The van der Waals surface area contributed by atoms with Gasteiger partial charge in [0.1, 0.15) is 0 Å². The molecule has 2 nitrogen and oxygen atoms in total. The zero-order chi connectivity index (χ0) is 9.97. The lowest BCUT2D eigenvalue weighted by Gasteiger charge is -1.96. The molecule has 0 aliphatic carbocycles. The number of nitrogens with one attached hydrogen (secondary N) is 2. The molecule has 0 fully saturated rings. The van der Waals surface area contributed by atoms with Gasteiger partial charge in [0.15, 0.2) is 0 Å². The van der Waals surface area contributed by atoms with Crippen LogP contribution in [0.4, 0.5) is 0 Å². The topological polar surface area (TPSA) is 27.8 Å². The van der Waals surface area contributed by atoms with Gasteiger partial charge in [-0.25, -0.2) is 0 Å². The second-order valence-electron chi connectivity index (χ2n) is 3.31. The molecule has 2 N–H and O–H groups in total. The smallest absolute Gasteiger partial charge is 0.0471 e. The quantitative estimate of drug-likeness (QED) is 0.798. The summed E-state index contributed by atoms with van der Waals surface area (Å²) in [6.45, 7) is 3.96. The third-order valence-electron chi connectivity index (χ3n) is 2.21. The minimum absolute atomic E-state index is 0.773. The van der Waals surface area contributed by atoms with Gasteiger partial charge in [0.25, 0.3) is 0 Å². The van der Waals surface area contributed by atoms with Crippen molar-refractivity contribution in [3.05, 3.63) is 35.0 Å². The molecule has 0 spiro atoms. The highest BCUT2D eigenvalue weighted by atomic mass is 35.5. The molecule has 2 rings (SSSR count). The molecule has 3 heteroatoms. The Balaban J connectivity index is 2.32. The SMILES string of the molecule is CCNCc1cc2ccc(Cl)cc2[nH]1. The van der Waals surface area contributed by atoms with Crippen LogP contribution in [0.15, 0.2) is 24.3 Å². The third-order valence-corrected chi connectivity index (χ3v) is 2.44. The van der Waals surface area contributed by atoms with Crippen molar-refractivity contribution in [3.8, 4) is 0 Å². The molecule has 0 amide bonds. The highest BCUT2D eigenvalue weighted by molar-refractivity contribution is 6.31. The zero-order valence-corrected chi connectivity index (χ0v) is 8.86. The van der Waals surface area contributed by atoms with Crippen LogP contribution in [-0.2, 0) is 6.54 Å². The molecule has 1 aromatic carbocycles. The molecule has 0 saturated carbocycles. The number of hydrogen-bond acceptors (Lipinski definition) is 1. The summed E-state index contributed by atoms with van der Waals surface area (Å²) in [4.78, 5) is 3.32. The van der Waals surface area contributed by atoms with E-state index in [4.69, 9.17) is 11.6 Å². The fourth-order valence-corrected chi connectivity index (χ4v) is 1.69. The Morgan fingerprint density at radius 2 is 2.21 bits per heavy atom. The molecule has 0 atom stereocenters. The van der Waals surface area contributed by atoms with Gasteiger partial charge in [-0.2, -0.15) is 0 Å². The van der Waals surface area contributed by atoms with Crippen molar-refractivity contribution in [1.29, 1.82) is 0 Å². The molecule has 2 aromatic rings. The number of fused-ring (bicyclic) bond motifs is 1. The van der Waals surface area contributed by atoms with E-state index in [0.717, 1.165) is 23.6 Å². The van der Waals surface area contributed by atoms with Gasteiger partial charge in [0.05, 0.1) is 0 Å². The Morgan fingerprint density at radius 1 is 1.36 bits per heavy atom. The van der Waals surface area contributed by atoms with E-state index in [1.165, 1.54) is 11.1 Å². The van der Waals surface area contributed by atoms with Gasteiger partial charge in [0.2, 0.25) is 0 Å². The summed E-state index contributed by atoms with van der Waals surface area (Å²) in [6.07, 6.45) is 0. The van der Waals surface area contributed by atoms with Gasteiger partial charge < -0.3 is 10.3 Å². The van der Waals surface area contributed by atoms with E-state index in [9.17, 15) is 0 Å². The van der Waals surface area contributed by atoms with E-state index >= 15 is 0 Å². The van der Waals surface area contributed by atoms with Gasteiger partial charge in [-0.3, -0.25) is 0 Å². The van der Waals surface area contributed by atoms with E-state index < -0.39 is 0 Å². The Labute approximate surface area is 88.3 Å². The van der Waals surface area contributed by atoms with E-state index in [1.54, 1.807) is 0 Å². The van der Waals surface area contributed by atoms with Crippen molar-refractivity contribution in [2.45, 2.75) is 13.5 Å². The van der Waals surface area contributed by atoms with Crippen LogP contribution in [0.5, 0.6) is 0 Å².